The van der Waals surface area contributed by atoms with Crippen LogP contribution in [0, 0.1) is 0 Å². The van der Waals surface area contributed by atoms with Crippen molar-refractivity contribution in [3.05, 3.63) is 28.0 Å². The van der Waals surface area contributed by atoms with E-state index in [-0.39, 0.29) is 6.61 Å². The summed E-state index contributed by atoms with van der Waals surface area (Å²) in [6, 6.07) is 1.99. The fraction of sp³-hybridized carbons (Fsp3) is 0.462. The number of carbonyl (C=O) groups is 1. The zero-order chi connectivity index (χ0) is 13.4. The van der Waals surface area contributed by atoms with Crippen LogP contribution in [0.5, 0.6) is 0 Å². The van der Waals surface area contributed by atoms with Crippen molar-refractivity contribution in [1.82, 2.24) is 4.90 Å². The van der Waals surface area contributed by atoms with Gasteiger partial charge >= 0.3 is 5.97 Å². The van der Waals surface area contributed by atoms with Crippen LogP contribution in [-0.4, -0.2) is 40.8 Å². The molecule has 0 radical (unpaired) electrons. The normalized spacial score (nSPS) is 11.5. The van der Waals surface area contributed by atoms with Crippen molar-refractivity contribution in [2.45, 2.75) is 19.9 Å². The van der Waals surface area contributed by atoms with E-state index in [1.807, 2.05) is 11.4 Å². The molecule has 100 valence electrons. The third kappa shape index (κ3) is 5.44. The Morgan fingerprint density at radius 2 is 2.28 bits per heavy atom. The summed E-state index contributed by atoms with van der Waals surface area (Å²) in [6.07, 6.45) is 3.79. The van der Waals surface area contributed by atoms with Gasteiger partial charge in [-0.05, 0) is 36.1 Å². The van der Waals surface area contributed by atoms with Gasteiger partial charge in [0.15, 0.2) is 0 Å². The zero-order valence-corrected chi connectivity index (χ0v) is 11.3. The number of rotatable bonds is 8. The summed E-state index contributed by atoms with van der Waals surface area (Å²) >= 11 is 1.61. The van der Waals surface area contributed by atoms with Crippen molar-refractivity contribution in [2.75, 3.05) is 19.7 Å². The SMILES string of the molecule is CCCN(CCO)Cc1cc(C=CC(=O)O)cs1. The van der Waals surface area contributed by atoms with E-state index in [2.05, 4.69) is 11.8 Å². The number of carboxylic acids is 1. The van der Waals surface area contributed by atoms with Gasteiger partial charge in [0.2, 0.25) is 0 Å². The summed E-state index contributed by atoms with van der Waals surface area (Å²) in [6.45, 7) is 4.71. The second-order valence-electron chi connectivity index (χ2n) is 4.02. The molecular weight excluding hydrogens is 250 g/mol. The molecule has 5 heteroatoms. The van der Waals surface area contributed by atoms with E-state index in [1.165, 1.54) is 4.88 Å². The van der Waals surface area contributed by atoms with E-state index >= 15 is 0 Å². The molecule has 0 amide bonds. The van der Waals surface area contributed by atoms with Gasteiger partial charge in [-0.2, -0.15) is 0 Å². The Bertz CT molecular complexity index is 395. The van der Waals surface area contributed by atoms with Crippen molar-refractivity contribution < 1.29 is 15.0 Å². The molecular formula is C13H19NO3S. The summed E-state index contributed by atoms with van der Waals surface area (Å²) in [7, 11) is 0. The maximum atomic E-state index is 10.4. The minimum Gasteiger partial charge on any atom is -0.478 e. The number of hydrogen-bond donors (Lipinski definition) is 2. The minimum absolute atomic E-state index is 0.164. The molecule has 4 nitrogen and oxygen atoms in total. The van der Waals surface area contributed by atoms with Gasteiger partial charge in [0.1, 0.15) is 0 Å². The lowest BCUT2D eigenvalue weighted by Crippen LogP contribution is -2.26. The predicted octanol–water partition coefficient (Wildman–Crippen LogP) is 2.05. The molecule has 1 aromatic heterocycles. The second kappa shape index (κ2) is 8.02. The number of carboxylic acid groups (broad SMARTS) is 1. The van der Waals surface area contributed by atoms with Gasteiger partial charge in [0, 0.05) is 24.0 Å². The Kier molecular flexibility index (Phi) is 6.64. The smallest absolute Gasteiger partial charge is 0.328 e. The molecule has 0 saturated carbocycles. The molecule has 0 saturated heterocycles. The number of nitrogens with zero attached hydrogens (tertiary/aromatic N) is 1. The van der Waals surface area contributed by atoms with Crippen LogP contribution in [-0.2, 0) is 11.3 Å². The standard InChI is InChI=1S/C13H19NO3S/c1-2-5-14(6-7-15)9-12-8-11(10-18-12)3-4-13(16)17/h3-4,8,10,15H,2,5-7,9H2,1H3,(H,16,17). The van der Waals surface area contributed by atoms with Crippen LogP contribution in [0.25, 0.3) is 6.08 Å². The summed E-state index contributed by atoms with van der Waals surface area (Å²) in [4.78, 5) is 13.8. The molecule has 0 fully saturated rings. The third-order valence-electron chi connectivity index (χ3n) is 2.43. The highest BCUT2D eigenvalue weighted by molar-refractivity contribution is 7.10. The van der Waals surface area contributed by atoms with E-state index in [4.69, 9.17) is 10.2 Å². The lowest BCUT2D eigenvalue weighted by atomic mass is 10.2. The second-order valence-corrected chi connectivity index (χ2v) is 5.01. The topological polar surface area (TPSA) is 60.8 Å². The minimum atomic E-state index is -0.935. The lowest BCUT2D eigenvalue weighted by Gasteiger charge is -2.19. The fourth-order valence-corrected chi connectivity index (χ4v) is 2.58. The first kappa shape index (κ1) is 14.9. The number of aliphatic hydroxyl groups excluding tert-OH is 1. The highest BCUT2D eigenvalue weighted by Crippen LogP contribution is 2.18. The number of thiophene rings is 1. The number of hydrogen-bond acceptors (Lipinski definition) is 4. The molecule has 0 atom stereocenters. The summed E-state index contributed by atoms with van der Waals surface area (Å²) in [5.41, 5.74) is 0.915. The van der Waals surface area contributed by atoms with Crippen LogP contribution in [0.3, 0.4) is 0 Å². The van der Waals surface area contributed by atoms with Crippen molar-refractivity contribution in [3.8, 4) is 0 Å². The molecule has 1 aromatic rings. The van der Waals surface area contributed by atoms with Crippen molar-refractivity contribution in [3.63, 3.8) is 0 Å². The van der Waals surface area contributed by atoms with Gasteiger partial charge in [-0.3, -0.25) is 4.90 Å². The average molecular weight is 269 g/mol. The molecule has 0 bridgehead atoms. The molecule has 0 aliphatic rings. The molecule has 0 aromatic carbocycles. The van der Waals surface area contributed by atoms with E-state index in [1.54, 1.807) is 17.4 Å². The molecule has 1 rings (SSSR count). The van der Waals surface area contributed by atoms with Gasteiger partial charge < -0.3 is 10.2 Å². The van der Waals surface area contributed by atoms with Gasteiger partial charge in [0.25, 0.3) is 0 Å². The van der Waals surface area contributed by atoms with Crippen LogP contribution in [0.4, 0.5) is 0 Å². The fourth-order valence-electron chi connectivity index (χ4n) is 1.68. The highest BCUT2D eigenvalue weighted by atomic mass is 32.1. The van der Waals surface area contributed by atoms with Crippen molar-refractivity contribution in [1.29, 1.82) is 0 Å². The van der Waals surface area contributed by atoms with Crippen LogP contribution >= 0.6 is 11.3 Å². The van der Waals surface area contributed by atoms with Crippen LogP contribution in [0.15, 0.2) is 17.5 Å². The summed E-state index contributed by atoms with van der Waals surface area (Å²) in [5.74, 6) is -0.935. The predicted molar refractivity (Wildman–Crippen MR) is 73.6 cm³/mol. The first-order valence-corrected chi connectivity index (χ1v) is 6.85. The lowest BCUT2D eigenvalue weighted by molar-refractivity contribution is -0.131. The Labute approximate surface area is 111 Å². The first-order chi connectivity index (χ1) is 8.65. The molecule has 0 unspecified atom stereocenters. The summed E-state index contributed by atoms with van der Waals surface area (Å²) < 4.78 is 0. The average Bonchev–Trinajstić information content (AvgIpc) is 2.75. The Morgan fingerprint density at radius 1 is 1.50 bits per heavy atom. The molecule has 0 spiro atoms. The van der Waals surface area contributed by atoms with Crippen LogP contribution in [0.1, 0.15) is 23.8 Å². The maximum Gasteiger partial charge on any atom is 0.328 e. The van der Waals surface area contributed by atoms with Gasteiger partial charge in [0.05, 0.1) is 6.61 Å². The van der Waals surface area contributed by atoms with E-state index in [9.17, 15) is 4.79 Å². The van der Waals surface area contributed by atoms with E-state index in [0.717, 1.165) is 31.1 Å². The largest absolute Gasteiger partial charge is 0.478 e. The monoisotopic (exact) mass is 269 g/mol. The van der Waals surface area contributed by atoms with Crippen LogP contribution < -0.4 is 0 Å². The van der Waals surface area contributed by atoms with Crippen molar-refractivity contribution >= 4 is 23.4 Å². The molecule has 2 N–H and O–H groups in total. The number of aliphatic carboxylic acids is 1. The molecule has 0 aliphatic carbocycles. The van der Waals surface area contributed by atoms with Crippen molar-refractivity contribution in [2.24, 2.45) is 0 Å². The maximum absolute atomic E-state index is 10.4. The molecule has 1 heterocycles. The third-order valence-corrected chi connectivity index (χ3v) is 3.37. The molecule has 18 heavy (non-hydrogen) atoms. The molecule has 0 aliphatic heterocycles. The number of aliphatic hydroxyl groups is 1. The zero-order valence-electron chi connectivity index (χ0n) is 10.5. The van der Waals surface area contributed by atoms with E-state index < -0.39 is 5.97 Å². The van der Waals surface area contributed by atoms with Gasteiger partial charge in [-0.1, -0.05) is 6.92 Å². The Hall–Kier alpha value is -1.17. The quantitative estimate of drug-likeness (QED) is 0.709. The first-order valence-electron chi connectivity index (χ1n) is 5.97. The van der Waals surface area contributed by atoms with E-state index in [0.29, 0.717) is 6.54 Å². The van der Waals surface area contributed by atoms with Gasteiger partial charge in [-0.25, -0.2) is 4.79 Å². The Morgan fingerprint density at radius 3 is 2.89 bits per heavy atom. The van der Waals surface area contributed by atoms with Gasteiger partial charge in [-0.15, -0.1) is 11.3 Å². The summed E-state index contributed by atoms with van der Waals surface area (Å²) in [5, 5.41) is 19.5. The van der Waals surface area contributed by atoms with Crippen LogP contribution in [0.2, 0.25) is 0 Å². The Balaban J connectivity index is 2.58. The highest BCUT2D eigenvalue weighted by Gasteiger charge is 2.06.